The number of nitrogens with zero attached hydrogens (tertiary/aromatic N) is 1. The van der Waals surface area contributed by atoms with Crippen molar-refractivity contribution in [3.05, 3.63) is 77.9 Å². The number of hydrogen-bond acceptors (Lipinski definition) is 2. The number of carbonyl (C=O) groups is 1. The first-order chi connectivity index (χ1) is 13.1. The molecule has 27 heavy (non-hydrogen) atoms. The van der Waals surface area contributed by atoms with Crippen molar-refractivity contribution in [1.29, 1.82) is 0 Å². The summed E-state index contributed by atoms with van der Waals surface area (Å²) in [7, 11) is 1.88. The van der Waals surface area contributed by atoms with Crippen LogP contribution in [0.2, 0.25) is 0 Å². The minimum absolute atomic E-state index is 0.149. The molecule has 1 amide bonds. The molecule has 140 valence electrons. The van der Waals surface area contributed by atoms with E-state index in [9.17, 15) is 4.79 Å². The molecular weight excluding hydrogens is 352 g/mol. The Labute approximate surface area is 165 Å². The lowest BCUT2D eigenvalue weighted by Gasteiger charge is -2.19. The van der Waals surface area contributed by atoms with Crippen LogP contribution in [0.3, 0.4) is 0 Å². The molecule has 1 atom stereocenters. The molecule has 0 heterocycles. The highest BCUT2D eigenvalue weighted by molar-refractivity contribution is 7.98. The molecule has 0 aliphatic heterocycles. The fourth-order valence-electron chi connectivity index (χ4n) is 3.30. The van der Waals surface area contributed by atoms with Crippen LogP contribution < -0.4 is 5.32 Å². The molecule has 0 saturated heterocycles. The summed E-state index contributed by atoms with van der Waals surface area (Å²) in [5.74, 6) is 0.149. The Morgan fingerprint density at radius 1 is 1.04 bits per heavy atom. The number of nitrogens with two attached hydrogens (primary N) is 1. The Morgan fingerprint density at radius 3 is 2.48 bits per heavy atom. The summed E-state index contributed by atoms with van der Waals surface area (Å²) < 4.78 is 0. The third kappa shape index (κ3) is 4.90. The van der Waals surface area contributed by atoms with Crippen molar-refractivity contribution in [2.75, 3.05) is 19.8 Å². The van der Waals surface area contributed by atoms with Gasteiger partial charge in [-0.1, -0.05) is 54.6 Å². The second-order valence-electron chi connectivity index (χ2n) is 6.89. The molecule has 3 nitrogen and oxygen atoms in total. The molecule has 3 aromatic rings. The molecule has 0 saturated carbocycles. The van der Waals surface area contributed by atoms with Crippen LogP contribution in [0.4, 0.5) is 0 Å². The van der Waals surface area contributed by atoms with Gasteiger partial charge >= 0.3 is 0 Å². The van der Waals surface area contributed by atoms with E-state index >= 15 is 0 Å². The van der Waals surface area contributed by atoms with Gasteiger partial charge in [0, 0.05) is 24.1 Å². The van der Waals surface area contributed by atoms with Gasteiger partial charge in [-0.15, -0.1) is 11.8 Å². The SMILES string of the molecule is CSc1ccc(CN(C)C(=O)C[NH2+][C@H](C)c2cccc3ccccc23)cc1. The number of likely N-dealkylation sites (N-methyl/N-ethyl adjacent to an activating group) is 1. The first-order valence-corrected chi connectivity index (χ1v) is 10.5. The van der Waals surface area contributed by atoms with Crippen molar-refractivity contribution >= 4 is 28.4 Å². The predicted octanol–water partition coefficient (Wildman–Crippen LogP) is 3.84. The molecule has 3 aromatic carbocycles. The van der Waals surface area contributed by atoms with Gasteiger partial charge in [-0.05, 0) is 41.6 Å². The second kappa shape index (κ2) is 9.07. The third-order valence-electron chi connectivity index (χ3n) is 4.96. The summed E-state index contributed by atoms with van der Waals surface area (Å²) >= 11 is 1.73. The van der Waals surface area contributed by atoms with Crippen LogP contribution in [-0.2, 0) is 11.3 Å². The van der Waals surface area contributed by atoms with Crippen molar-refractivity contribution in [2.45, 2.75) is 24.4 Å². The van der Waals surface area contributed by atoms with Gasteiger partial charge in [0.15, 0.2) is 6.54 Å². The van der Waals surface area contributed by atoms with Gasteiger partial charge in [0.2, 0.25) is 0 Å². The van der Waals surface area contributed by atoms with Gasteiger partial charge in [0.25, 0.3) is 5.91 Å². The first kappa shape index (κ1) is 19.5. The van der Waals surface area contributed by atoms with E-state index in [4.69, 9.17) is 0 Å². The van der Waals surface area contributed by atoms with Crippen molar-refractivity contribution in [1.82, 2.24) is 4.90 Å². The van der Waals surface area contributed by atoms with Crippen LogP contribution >= 0.6 is 11.8 Å². The third-order valence-corrected chi connectivity index (χ3v) is 5.71. The van der Waals surface area contributed by atoms with Crippen LogP contribution in [0, 0.1) is 0 Å². The number of quaternary nitrogens is 1. The molecule has 4 heteroatoms. The largest absolute Gasteiger partial charge is 0.337 e. The number of rotatable bonds is 7. The fourth-order valence-corrected chi connectivity index (χ4v) is 3.71. The number of hydrogen-bond donors (Lipinski definition) is 1. The predicted molar refractivity (Wildman–Crippen MR) is 114 cm³/mol. The maximum absolute atomic E-state index is 12.6. The highest BCUT2D eigenvalue weighted by atomic mass is 32.2. The van der Waals surface area contributed by atoms with E-state index in [0.717, 1.165) is 5.56 Å². The Balaban J connectivity index is 1.58. The Morgan fingerprint density at radius 2 is 1.74 bits per heavy atom. The molecule has 0 aliphatic carbocycles. The van der Waals surface area contributed by atoms with Gasteiger partial charge in [0.05, 0.1) is 0 Å². The monoisotopic (exact) mass is 379 g/mol. The summed E-state index contributed by atoms with van der Waals surface area (Å²) in [6, 6.07) is 23.4. The quantitative estimate of drug-likeness (QED) is 0.633. The molecule has 2 N–H and O–H groups in total. The van der Waals surface area contributed by atoms with Crippen LogP contribution in [0.5, 0.6) is 0 Å². The Hall–Kier alpha value is -2.30. The summed E-state index contributed by atoms with van der Waals surface area (Å²) in [4.78, 5) is 15.6. The number of benzene rings is 3. The van der Waals surface area contributed by atoms with E-state index < -0.39 is 0 Å². The van der Waals surface area contributed by atoms with Gasteiger partial charge in [-0.3, -0.25) is 4.79 Å². The fraction of sp³-hybridized carbons (Fsp3) is 0.261. The zero-order chi connectivity index (χ0) is 19.2. The molecule has 0 aromatic heterocycles. The van der Waals surface area contributed by atoms with Gasteiger partial charge < -0.3 is 10.2 Å². The maximum atomic E-state index is 12.6. The van der Waals surface area contributed by atoms with Crippen LogP contribution in [0.1, 0.15) is 24.1 Å². The number of fused-ring (bicyclic) bond motifs is 1. The second-order valence-corrected chi connectivity index (χ2v) is 7.77. The molecule has 0 radical (unpaired) electrons. The average Bonchev–Trinajstić information content (AvgIpc) is 2.71. The lowest BCUT2D eigenvalue weighted by Crippen LogP contribution is -2.87. The van der Waals surface area contributed by atoms with Crippen LogP contribution in [0.15, 0.2) is 71.6 Å². The summed E-state index contributed by atoms with van der Waals surface area (Å²) in [5, 5.41) is 4.63. The zero-order valence-corrected chi connectivity index (χ0v) is 17.0. The van der Waals surface area contributed by atoms with Gasteiger partial charge in [0.1, 0.15) is 6.04 Å². The minimum atomic E-state index is 0.149. The molecule has 0 unspecified atom stereocenters. The first-order valence-electron chi connectivity index (χ1n) is 9.26. The number of thioether (sulfide) groups is 1. The highest BCUT2D eigenvalue weighted by Crippen LogP contribution is 2.22. The Bertz CT molecular complexity index is 902. The van der Waals surface area contributed by atoms with Crippen molar-refractivity contribution in [2.24, 2.45) is 0 Å². The van der Waals surface area contributed by atoms with E-state index in [-0.39, 0.29) is 11.9 Å². The van der Waals surface area contributed by atoms with Crippen molar-refractivity contribution in [3.63, 3.8) is 0 Å². The van der Waals surface area contributed by atoms with Crippen molar-refractivity contribution < 1.29 is 10.1 Å². The minimum Gasteiger partial charge on any atom is -0.337 e. The smallest absolute Gasteiger partial charge is 0.277 e. The maximum Gasteiger partial charge on any atom is 0.277 e. The number of carbonyl (C=O) groups excluding carboxylic acids is 1. The molecule has 0 spiro atoms. The van der Waals surface area contributed by atoms with E-state index in [0.29, 0.717) is 13.1 Å². The molecule has 0 aliphatic rings. The molecule has 0 bridgehead atoms. The van der Waals surface area contributed by atoms with Crippen LogP contribution in [0.25, 0.3) is 10.8 Å². The van der Waals surface area contributed by atoms with Gasteiger partial charge in [-0.2, -0.15) is 0 Å². The van der Waals surface area contributed by atoms with Crippen molar-refractivity contribution in [3.8, 4) is 0 Å². The molecule has 0 fully saturated rings. The molecule has 3 rings (SSSR count). The zero-order valence-electron chi connectivity index (χ0n) is 16.2. The lowest BCUT2D eigenvalue weighted by molar-refractivity contribution is -0.682. The van der Waals surface area contributed by atoms with Crippen LogP contribution in [-0.4, -0.2) is 30.7 Å². The summed E-state index contributed by atoms with van der Waals surface area (Å²) in [6.07, 6.45) is 2.07. The standard InChI is InChI=1S/C23H26N2OS/c1-17(21-10-6-8-19-7-4-5-9-22(19)21)24-15-23(26)25(2)16-18-11-13-20(27-3)14-12-18/h4-14,17,24H,15-16H2,1-3H3/p+1/t17-/m1/s1. The topological polar surface area (TPSA) is 36.9 Å². The average molecular weight is 380 g/mol. The Kier molecular flexibility index (Phi) is 6.54. The molecular formula is C23H27N2OS+. The number of amides is 1. The normalized spacial score (nSPS) is 12.1. The lowest BCUT2D eigenvalue weighted by atomic mass is 10.00. The van der Waals surface area contributed by atoms with E-state index in [1.165, 1.54) is 21.2 Å². The van der Waals surface area contributed by atoms with E-state index in [2.05, 4.69) is 85.2 Å². The highest BCUT2D eigenvalue weighted by Gasteiger charge is 2.16. The van der Waals surface area contributed by atoms with Gasteiger partial charge in [-0.25, -0.2) is 0 Å². The van der Waals surface area contributed by atoms with E-state index in [1.54, 1.807) is 16.7 Å². The summed E-state index contributed by atoms with van der Waals surface area (Å²) in [5.41, 5.74) is 2.43. The summed E-state index contributed by atoms with van der Waals surface area (Å²) in [6.45, 7) is 3.25. The van der Waals surface area contributed by atoms with E-state index in [1.807, 2.05) is 7.05 Å².